The molecule has 0 saturated carbocycles. The first-order valence-corrected chi connectivity index (χ1v) is 23.7. The molecule has 0 fully saturated rings. The summed E-state index contributed by atoms with van der Waals surface area (Å²) in [6, 6.07) is 93.2. The molecule has 2 aliphatic carbocycles. The highest BCUT2D eigenvalue weighted by Crippen LogP contribution is 2.63. The van der Waals surface area contributed by atoms with Gasteiger partial charge in [0, 0.05) is 17.1 Å². The molecule has 68 heavy (non-hydrogen) atoms. The Morgan fingerprint density at radius 1 is 0.206 bits per heavy atom. The fourth-order valence-electron chi connectivity index (χ4n) is 12.6. The number of nitrogens with zero attached hydrogens (tertiary/aromatic N) is 1. The van der Waals surface area contributed by atoms with Gasteiger partial charge in [0.25, 0.3) is 0 Å². The molecular formula is C67H41N. The van der Waals surface area contributed by atoms with Crippen LogP contribution in [-0.4, -0.2) is 0 Å². The van der Waals surface area contributed by atoms with E-state index in [9.17, 15) is 0 Å². The van der Waals surface area contributed by atoms with Crippen molar-refractivity contribution < 1.29 is 0 Å². The average Bonchev–Trinajstić information content (AvgIpc) is 3.88. The van der Waals surface area contributed by atoms with Gasteiger partial charge in [0.2, 0.25) is 0 Å². The van der Waals surface area contributed by atoms with Gasteiger partial charge in [0.05, 0.1) is 5.41 Å². The first-order chi connectivity index (χ1) is 33.7. The Bertz CT molecular complexity index is 4140. The fraction of sp³-hybridized carbons (Fsp3) is 0.0149. The van der Waals surface area contributed by atoms with Gasteiger partial charge in [-0.15, -0.1) is 0 Å². The summed E-state index contributed by atoms with van der Waals surface area (Å²) in [6.45, 7) is 0. The normalized spacial score (nSPS) is 13.1. The largest absolute Gasteiger partial charge is 0.310 e. The van der Waals surface area contributed by atoms with Crippen molar-refractivity contribution in [2.24, 2.45) is 0 Å². The van der Waals surface area contributed by atoms with E-state index in [2.05, 4.69) is 254 Å². The topological polar surface area (TPSA) is 3.24 Å². The molecular weight excluding hydrogens is 819 g/mol. The highest BCUT2D eigenvalue weighted by Gasteiger charge is 2.51. The second kappa shape index (κ2) is 14.1. The van der Waals surface area contributed by atoms with Crippen molar-refractivity contribution >= 4 is 81.7 Å². The van der Waals surface area contributed by atoms with Crippen LogP contribution in [0.25, 0.3) is 98.0 Å². The molecule has 314 valence electrons. The van der Waals surface area contributed by atoms with Gasteiger partial charge in [-0.3, -0.25) is 0 Å². The lowest BCUT2D eigenvalue weighted by Gasteiger charge is -2.32. The van der Waals surface area contributed by atoms with E-state index in [-0.39, 0.29) is 0 Å². The van der Waals surface area contributed by atoms with Crippen LogP contribution < -0.4 is 4.90 Å². The predicted molar refractivity (Wildman–Crippen MR) is 288 cm³/mol. The van der Waals surface area contributed by atoms with Crippen LogP contribution >= 0.6 is 0 Å². The van der Waals surface area contributed by atoms with Gasteiger partial charge in [-0.25, -0.2) is 0 Å². The second-order valence-corrected chi connectivity index (χ2v) is 18.7. The fourth-order valence-corrected chi connectivity index (χ4v) is 12.6. The van der Waals surface area contributed by atoms with Gasteiger partial charge in [0.15, 0.2) is 0 Å². The van der Waals surface area contributed by atoms with Crippen LogP contribution in [0.2, 0.25) is 0 Å². The van der Waals surface area contributed by atoms with Crippen molar-refractivity contribution in [1.82, 2.24) is 0 Å². The molecule has 0 aromatic heterocycles. The standard InChI is InChI=1S/C67H41N/c1-3-19-51-47(15-1)49-17-5-7-21-53(49)61-39-43(31-36-55(51)61)42-29-32-44(33-30-42)68(45-34-37-56-52-20-4-2-16-48(52)50-18-6-8-22-54(50)62(56)40-45)46-35-38-60-59-25-11-14-28-65(59)67(66(60)41-46)63-26-12-9-23-57(63)58-24-10-13-27-64(58)67/h1-41H. The average molecular weight is 860 g/mol. The minimum atomic E-state index is -0.450. The molecule has 1 spiro atoms. The third-order valence-electron chi connectivity index (χ3n) is 15.4. The van der Waals surface area contributed by atoms with Gasteiger partial charge in [-0.1, -0.05) is 206 Å². The van der Waals surface area contributed by atoms with Crippen molar-refractivity contribution in [2.45, 2.75) is 5.41 Å². The molecule has 1 heteroatoms. The highest BCUT2D eigenvalue weighted by atomic mass is 15.1. The van der Waals surface area contributed by atoms with E-state index in [0.29, 0.717) is 0 Å². The number of anilines is 3. The summed E-state index contributed by atoms with van der Waals surface area (Å²) in [5, 5.41) is 15.3. The van der Waals surface area contributed by atoms with Crippen LogP contribution in [0.1, 0.15) is 22.3 Å². The van der Waals surface area contributed by atoms with Gasteiger partial charge < -0.3 is 4.90 Å². The summed E-state index contributed by atoms with van der Waals surface area (Å²) in [7, 11) is 0. The molecule has 0 aliphatic heterocycles. The quantitative estimate of drug-likeness (QED) is 0.159. The third kappa shape index (κ3) is 5.05. The number of hydrogen-bond donors (Lipinski definition) is 0. The number of benzene rings is 13. The minimum absolute atomic E-state index is 0.450. The van der Waals surface area contributed by atoms with Gasteiger partial charge in [0.1, 0.15) is 0 Å². The van der Waals surface area contributed by atoms with Crippen molar-refractivity contribution in [2.75, 3.05) is 4.90 Å². The van der Waals surface area contributed by atoms with Crippen molar-refractivity contribution in [3.8, 4) is 33.4 Å². The molecule has 0 heterocycles. The Balaban J connectivity index is 0.954. The van der Waals surface area contributed by atoms with Crippen LogP contribution in [-0.2, 0) is 5.41 Å². The maximum absolute atomic E-state index is 2.50. The lowest BCUT2D eigenvalue weighted by Crippen LogP contribution is -2.26. The molecule has 15 rings (SSSR count). The summed E-state index contributed by atoms with van der Waals surface area (Å²) in [4.78, 5) is 2.48. The molecule has 0 saturated heterocycles. The summed E-state index contributed by atoms with van der Waals surface area (Å²) in [6.07, 6.45) is 0. The number of rotatable bonds is 4. The second-order valence-electron chi connectivity index (χ2n) is 18.7. The summed E-state index contributed by atoms with van der Waals surface area (Å²) < 4.78 is 0. The van der Waals surface area contributed by atoms with E-state index in [0.717, 1.165) is 17.1 Å². The Kier molecular flexibility index (Phi) is 7.77. The summed E-state index contributed by atoms with van der Waals surface area (Å²) in [5.74, 6) is 0. The van der Waals surface area contributed by atoms with Crippen molar-refractivity contribution in [3.05, 3.63) is 271 Å². The SMILES string of the molecule is c1ccc2c(c1)-c1ccccc1C21c2ccccc2-c2ccc(N(c3ccc(-c4ccc5c6ccccc6c6ccccc6c5c4)cc3)c3ccc4c5ccccc5c5ccccc5c4c3)cc21. The van der Waals surface area contributed by atoms with Gasteiger partial charge >= 0.3 is 0 Å². The van der Waals surface area contributed by atoms with E-state index in [1.807, 2.05) is 0 Å². The smallest absolute Gasteiger partial charge is 0.0726 e. The van der Waals surface area contributed by atoms with Crippen LogP contribution in [0.3, 0.4) is 0 Å². The van der Waals surface area contributed by atoms with Crippen LogP contribution in [0.5, 0.6) is 0 Å². The first kappa shape index (κ1) is 37.4. The molecule has 0 atom stereocenters. The molecule has 13 aromatic carbocycles. The summed E-state index contributed by atoms with van der Waals surface area (Å²) >= 11 is 0. The van der Waals surface area contributed by atoms with E-state index >= 15 is 0 Å². The highest BCUT2D eigenvalue weighted by molar-refractivity contribution is 6.27. The van der Waals surface area contributed by atoms with Gasteiger partial charge in [-0.05, 0) is 163 Å². The molecule has 0 unspecified atom stereocenters. The number of fused-ring (bicyclic) bond motifs is 22. The molecule has 1 nitrogen and oxygen atoms in total. The zero-order chi connectivity index (χ0) is 44.5. The lowest BCUT2D eigenvalue weighted by atomic mass is 9.70. The van der Waals surface area contributed by atoms with Gasteiger partial charge in [-0.2, -0.15) is 0 Å². The monoisotopic (exact) mass is 859 g/mol. The Hall–Kier alpha value is -8.78. The van der Waals surface area contributed by atoms with E-state index in [1.54, 1.807) is 0 Å². The van der Waals surface area contributed by atoms with Crippen LogP contribution in [0.4, 0.5) is 17.1 Å². The lowest BCUT2D eigenvalue weighted by molar-refractivity contribution is 0.793. The molecule has 13 aromatic rings. The summed E-state index contributed by atoms with van der Waals surface area (Å²) in [5.41, 5.74) is 15.9. The molecule has 0 amide bonds. The molecule has 0 N–H and O–H groups in total. The maximum Gasteiger partial charge on any atom is 0.0726 e. The Labute approximate surface area is 394 Å². The Morgan fingerprint density at radius 2 is 0.529 bits per heavy atom. The predicted octanol–water partition coefficient (Wildman–Crippen LogP) is 18.1. The van der Waals surface area contributed by atoms with E-state index in [1.165, 1.54) is 120 Å². The minimum Gasteiger partial charge on any atom is -0.310 e. The first-order valence-electron chi connectivity index (χ1n) is 23.7. The maximum atomic E-state index is 2.50. The molecule has 0 bridgehead atoms. The van der Waals surface area contributed by atoms with Crippen LogP contribution in [0.15, 0.2) is 249 Å². The van der Waals surface area contributed by atoms with Crippen molar-refractivity contribution in [1.29, 1.82) is 0 Å². The molecule has 2 aliphatic rings. The Morgan fingerprint density at radius 3 is 1.01 bits per heavy atom. The third-order valence-corrected chi connectivity index (χ3v) is 15.4. The number of hydrogen-bond acceptors (Lipinski definition) is 1. The van der Waals surface area contributed by atoms with Crippen molar-refractivity contribution in [3.63, 3.8) is 0 Å². The van der Waals surface area contributed by atoms with E-state index < -0.39 is 5.41 Å². The zero-order valence-electron chi connectivity index (χ0n) is 37.1. The zero-order valence-corrected chi connectivity index (χ0v) is 37.1. The van der Waals surface area contributed by atoms with Crippen LogP contribution in [0, 0.1) is 0 Å². The molecule has 0 radical (unpaired) electrons. The van der Waals surface area contributed by atoms with E-state index in [4.69, 9.17) is 0 Å².